The zero-order chi connectivity index (χ0) is 19.7. The third-order valence-corrected chi connectivity index (χ3v) is 5.05. The summed E-state index contributed by atoms with van der Waals surface area (Å²) in [6, 6.07) is 13.0. The minimum Gasteiger partial charge on any atom is -0.493 e. The van der Waals surface area contributed by atoms with Crippen LogP contribution in [0.3, 0.4) is 0 Å². The fourth-order valence-corrected chi connectivity index (χ4v) is 3.71. The van der Waals surface area contributed by atoms with Gasteiger partial charge in [0.1, 0.15) is 5.82 Å². The van der Waals surface area contributed by atoms with Crippen molar-refractivity contribution in [2.75, 3.05) is 20.8 Å². The van der Waals surface area contributed by atoms with E-state index in [0.717, 1.165) is 16.7 Å². The molecule has 3 aromatic rings. The molecule has 1 aliphatic rings. The molecule has 0 radical (unpaired) electrons. The van der Waals surface area contributed by atoms with Gasteiger partial charge in [0.05, 0.1) is 26.5 Å². The van der Waals surface area contributed by atoms with Gasteiger partial charge in [0, 0.05) is 6.54 Å². The van der Waals surface area contributed by atoms with E-state index in [1.807, 2.05) is 12.1 Å². The number of hydrogen-bond acceptors (Lipinski definition) is 4. The van der Waals surface area contributed by atoms with E-state index < -0.39 is 0 Å². The second-order valence-electron chi connectivity index (χ2n) is 6.59. The smallest absolute Gasteiger partial charge is 0.290 e. The number of rotatable bonds is 4. The van der Waals surface area contributed by atoms with Gasteiger partial charge in [-0.2, -0.15) is 0 Å². The molecule has 4 rings (SSSR count). The molecule has 28 heavy (non-hydrogen) atoms. The van der Waals surface area contributed by atoms with Crippen LogP contribution in [0.2, 0.25) is 0 Å². The number of benzene rings is 2. The van der Waals surface area contributed by atoms with Gasteiger partial charge in [0.15, 0.2) is 17.3 Å². The van der Waals surface area contributed by atoms with Crippen molar-refractivity contribution in [1.82, 2.24) is 4.90 Å². The van der Waals surface area contributed by atoms with Gasteiger partial charge in [0.2, 0.25) is 0 Å². The molecule has 0 bridgehead atoms. The van der Waals surface area contributed by atoms with E-state index in [-0.39, 0.29) is 23.5 Å². The average molecular weight is 381 g/mol. The van der Waals surface area contributed by atoms with Crippen LogP contribution in [0.25, 0.3) is 0 Å². The Morgan fingerprint density at radius 3 is 2.46 bits per heavy atom. The molecule has 1 aromatic heterocycles. The third kappa shape index (κ3) is 3.11. The van der Waals surface area contributed by atoms with Crippen molar-refractivity contribution in [1.29, 1.82) is 0 Å². The van der Waals surface area contributed by atoms with Gasteiger partial charge in [-0.1, -0.05) is 12.1 Å². The molecule has 5 nitrogen and oxygen atoms in total. The summed E-state index contributed by atoms with van der Waals surface area (Å²) in [4.78, 5) is 14.9. The van der Waals surface area contributed by atoms with E-state index in [1.165, 1.54) is 18.4 Å². The van der Waals surface area contributed by atoms with Gasteiger partial charge in [-0.15, -0.1) is 0 Å². The van der Waals surface area contributed by atoms with Crippen LogP contribution in [-0.4, -0.2) is 31.6 Å². The van der Waals surface area contributed by atoms with E-state index in [2.05, 4.69) is 0 Å². The van der Waals surface area contributed by atoms with Gasteiger partial charge in [0.25, 0.3) is 5.91 Å². The topological polar surface area (TPSA) is 51.9 Å². The number of halogens is 1. The van der Waals surface area contributed by atoms with Crippen LogP contribution in [0.4, 0.5) is 4.39 Å². The van der Waals surface area contributed by atoms with Crippen LogP contribution in [0.1, 0.15) is 33.3 Å². The fraction of sp³-hybridized carbons (Fsp3) is 0.227. The average Bonchev–Trinajstić information content (AvgIpc) is 3.27. The number of ether oxygens (including phenoxy) is 2. The van der Waals surface area contributed by atoms with Crippen LogP contribution < -0.4 is 9.47 Å². The quantitative estimate of drug-likeness (QED) is 0.679. The summed E-state index contributed by atoms with van der Waals surface area (Å²) in [5, 5.41) is 0. The number of fused-ring (bicyclic) bond motifs is 1. The second-order valence-corrected chi connectivity index (χ2v) is 6.59. The van der Waals surface area contributed by atoms with E-state index in [0.29, 0.717) is 24.5 Å². The van der Waals surface area contributed by atoms with E-state index >= 15 is 0 Å². The van der Waals surface area contributed by atoms with Crippen molar-refractivity contribution in [3.8, 4) is 11.5 Å². The van der Waals surface area contributed by atoms with Crippen LogP contribution >= 0.6 is 0 Å². The van der Waals surface area contributed by atoms with Crippen molar-refractivity contribution in [2.24, 2.45) is 0 Å². The Morgan fingerprint density at radius 1 is 1.11 bits per heavy atom. The van der Waals surface area contributed by atoms with Gasteiger partial charge in [-0.3, -0.25) is 4.79 Å². The maximum absolute atomic E-state index is 13.5. The number of methoxy groups -OCH3 is 2. The highest BCUT2D eigenvalue weighted by Crippen LogP contribution is 2.41. The molecule has 1 unspecified atom stereocenters. The van der Waals surface area contributed by atoms with E-state index in [9.17, 15) is 9.18 Å². The molecular weight excluding hydrogens is 361 g/mol. The van der Waals surface area contributed by atoms with Crippen molar-refractivity contribution in [3.05, 3.63) is 83.1 Å². The normalized spacial score (nSPS) is 15.8. The maximum atomic E-state index is 13.5. The highest BCUT2D eigenvalue weighted by atomic mass is 19.1. The van der Waals surface area contributed by atoms with Crippen LogP contribution in [0.15, 0.2) is 59.2 Å². The molecule has 0 aliphatic carbocycles. The molecule has 1 atom stereocenters. The highest BCUT2D eigenvalue weighted by molar-refractivity contribution is 5.92. The maximum Gasteiger partial charge on any atom is 0.290 e. The summed E-state index contributed by atoms with van der Waals surface area (Å²) in [5.74, 6) is 0.970. The standard InChI is InChI=1S/C22H20FNO4/c1-26-19-12-15-9-10-24(22(25)18-4-3-11-28-18)21(17(15)13-20(19)27-2)14-5-7-16(23)8-6-14/h3-8,11-13,21H,9-10H2,1-2H3. The predicted molar refractivity (Wildman–Crippen MR) is 101 cm³/mol. The first-order valence-electron chi connectivity index (χ1n) is 8.97. The Balaban J connectivity index is 1.85. The molecule has 0 spiro atoms. The molecule has 0 saturated carbocycles. The number of carbonyl (C=O) groups is 1. The largest absolute Gasteiger partial charge is 0.493 e. The van der Waals surface area contributed by atoms with Crippen LogP contribution in [0, 0.1) is 5.82 Å². The molecule has 1 aliphatic heterocycles. The number of amides is 1. The number of carbonyl (C=O) groups excluding carboxylic acids is 1. The molecule has 2 aromatic carbocycles. The van der Waals surface area contributed by atoms with Crippen molar-refractivity contribution >= 4 is 5.91 Å². The zero-order valence-corrected chi connectivity index (χ0v) is 15.6. The van der Waals surface area contributed by atoms with Crippen LogP contribution in [-0.2, 0) is 6.42 Å². The summed E-state index contributed by atoms with van der Waals surface area (Å²) in [6.07, 6.45) is 2.14. The second kappa shape index (κ2) is 7.38. The lowest BCUT2D eigenvalue weighted by atomic mass is 9.87. The molecule has 0 saturated heterocycles. The number of nitrogens with zero attached hydrogens (tertiary/aromatic N) is 1. The summed E-state index contributed by atoms with van der Waals surface area (Å²) < 4.78 is 29.7. The molecule has 2 heterocycles. The highest BCUT2D eigenvalue weighted by Gasteiger charge is 2.34. The van der Waals surface area contributed by atoms with Gasteiger partial charge < -0.3 is 18.8 Å². The molecule has 0 N–H and O–H groups in total. The first-order valence-corrected chi connectivity index (χ1v) is 8.97. The zero-order valence-electron chi connectivity index (χ0n) is 15.6. The van der Waals surface area contributed by atoms with E-state index in [1.54, 1.807) is 43.4 Å². The summed E-state index contributed by atoms with van der Waals surface area (Å²) in [7, 11) is 3.17. The third-order valence-electron chi connectivity index (χ3n) is 5.05. The first-order chi connectivity index (χ1) is 13.6. The van der Waals surface area contributed by atoms with Crippen LogP contribution in [0.5, 0.6) is 11.5 Å². The van der Waals surface area contributed by atoms with Crippen molar-refractivity contribution < 1.29 is 23.1 Å². The Labute approximate surface area is 162 Å². The lowest BCUT2D eigenvalue weighted by Crippen LogP contribution is -2.40. The van der Waals surface area contributed by atoms with Gasteiger partial charge in [-0.05, 0) is 59.5 Å². The minimum absolute atomic E-state index is 0.209. The lowest BCUT2D eigenvalue weighted by molar-refractivity contribution is 0.0661. The monoisotopic (exact) mass is 381 g/mol. The summed E-state index contributed by atoms with van der Waals surface area (Å²) >= 11 is 0. The fourth-order valence-electron chi connectivity index (χ4n) is 3.71. The summed E-state index contributed by atoms with van der Waals surface area (Å²) in [6.45, 7) is 0.504. The molecule has 144 valence electrons. The predicted octanol–water partition coefficient (Wildman–Crippen LogP) is 4.22. The Hall–Kier alpha value is -3.28. The molecule has 0 fully saturated rings. The molecule has 1 amide bonds. The Morgan fingerprint density at radius 2 is 1.82 bits per heavy atom. The molecule has 6 heteroatoms. The Bertz CT molecular complexity index is 983. The Kier molecular flexibility index (Phi) is 4.77. The lowest BCUT2D eigenvalue weighted by Gasteiger charge is -2.37. The SMILES string of the molecule is COc1cc2c(cc1OC)C(c1ccc(F)cc1)N(C(=O)c1ccco1)CC2. The minimum atomic E-state index is -0.387. The molecular formula is C22H20FNO4. The van der Waals surface area contributed by atoms with E-state index in [4.69, 9.17) is 13.9 Å². The van der Waals surface area contributed by atoms with Gasteiger partial charge in [-0.25, -0.2) is 4.39 Å². The number of furan rings is 1. The summed E-state index contributed by atoms with van der Waals surface area (Å²) in [5.41, 5.74) is 2.81. The number of hydrogen-bond donors (Lipinski definition) is 0. The van der Waals surface area contributed by atoms with Gasteiger partial charge >= 0.3 is 0 Å². The van der Waals surface area contributed by atoms with Crippen molar-refractivity contribution in [2.45, 2.75) is 12.5 Å². The first kappa shape index (κ1) is 18.1. The van der Waals surface area contributed by atoms with Crippen molar-refractivity contribution in [3.63, 3.8) is 0 Å².